The average molecular weight is 477 g/mol. The molecule has 6 rings (SSSR count). The summed E-state index contributed by atoms with van der Waals surface area (Å²) in [4.78, 5) is 39.8. The minimum absolute atomic E-state index is 0.0348. The minimum Gasteiger partial charge on any atom is -0.337 e. The molecule has 180 valence electrons. The van der Waals surface area contributed by atoms with Crippen LogP contribution in [0.3, 0.4) is 0 Å². The number of nitrogens with zero attached hydrogens (tertiary/aromatic N) is 4. The molecule has 2 aliphatic heterocycles. The van der Waals surface area contributed by atoms with Crippen LogP contribution in [-0.2, 0) is 13.1 Å². The molecule has 0 N–H and O–H groups in total. The van der Waals surface area contributed by atoms with Gasteiger partial charge in [-0.05, 0) is 54.5 Å². The van der Waals surface area contributed by atoms with Gasteiger partial charge in [-0.15, -0.1) is 0 Å². The van der Waals surface area contributed by atoms with Gasteiger partial charge in [0.25, 0.3) is 11.8 Å². The van der Waals surface area contributed by atoms with Crippen molar-refractivity contribution >= 4 is 22.6 Å². The fourth-order valence-electron chi connectivity index (χ4n) is 5.43. The quantitative estimate of drug-likeness (QED) is 0.412. The Morgan fingerprint density at radius 2 is 1.47 bits per heavy atom. The third-order valence-corrected chi connectivity index (χ3v) is 7.44. The summed E-state index contributed by atoms with van der Waals surface area (Å²) in [6, 6.07) is 21.9. The first-order valence-electron chi connectivity index (χ1n) is 12.5. The normalized spacial score (nSPS) is 15.8. The van der Waals surface area contributed by atoms with Crippen LogP contribution in [0.4, 0.5) is 0 Å². The summed E-state index contributed by atoms with van der Waals surface area (Å²) in [5.74, 6) is 0.137. The summed E-state index contributed by atoms with van der Waals surface area (Å²) in [5, 5.41) is 2.04. The molecule has 6 nitrogen and oxygen atoms in total. The smallest absolute Gasteiger partial charge is 0.272 e. The zero-order valence-electron chi connectivity index (χ0n) is 20.4. The fourth-order valence-corrected chi connectivity index (χ4v) is 5.43. The Labute approximate surface area is 210 Å². The molecule has 1 saturated heterocycles. The minimum atomic E-state index is -0.0393. The lowest BCUT2D eigenvalue weighted by Gasteiger charge is -2.32. The van der Waals surface area contributed by atoms with Crippen molar-refractivity contribution in [1.82, 2.24) is 19.8 Å². The molecule has 2 aromatic carbocycles. The van der Waals surface area contributed by atoms with Crippen LogP contribution in [0, 0.1) is 6.92 Å². The average Bonchev–Trinajstić information content (AvgIpc) is 3.36. The third-order valence-electron chi connectivity index (χ3n) is 7.44. The van der Waals surface area contributed by atoms with Crippen LogP contribution >= 0.6 is 0 Å². The third kappa shape index (κ3) is 4.13. The maximum absolute atomic E-state index is 13.6. The van der Waals surface area contributed by atoms with Gasteiger partial charge in [0, 0.05) is 49.4 Å². The van der Waals surface area contributed by atoms with Gasteiger partial charge in [0.1, 0.15) is 5.69 Å². The number of hydrogen-bond acceptors (Lipinski definition) is 4. The summed E-state index contributed by atoms with van der Waals surface area (Å²) in [6.45, 7) is 4.47. The molecule has 4 aromatic rings. The zero-order chi connectivity index (χ0) is 24.6. The number of carbonyl (C=O) groups is 2. The van der Waals surface area contributed by atoms with E-state index < -0.39 is 0 Å². The van der Waals surface area contributed by atoms with Gasteiger partial charge in [-0.3, -0.25) is 19.6 Å². The molecule has 0 unspecified atom stereocenters. The van der Waals surface area contributed by atoms with Crippen molar-refractivity contribution in [3.05, 3.63) is 107 Å². The van der Waals surface area contributed by atoms with Gasteiger partial charge in [-0.2, -0.15) is 0 Å². The Balaban J connectivity index is 1.18. The summed E-state index contributed by atoms with van der Waals surface area (Å²) in [6.07, 6.45) is 3.31. The first-order valence-corrected chi connectivity index (χ1v) is 12.5. The van der Waals surface area contributed by atoms with Crippen LogP contribution in [0.25, 0.3) is 10.8 Å². The van der Waals surface area contributed by atoms with Crippen LogP contribution in [0.5, 0.6) is 0 Å². The Kier molecular flexibility index (Phi) is 5.72. The summed E-state index contributed by atoms with van der Waals surface area (Å²) in [7, 11) is 0. The van der Waals surface area contributed by atoms with Gasteiger partial charge in [-0.1, -0.05) is 48.5 Å². The van der Waals surface area contributed by atoms with E-state index in [4.69, 9.17) is 4.98 Å². The Bertz CT molecular complexity index is 1450. The number of amides is 2. The number of rotatable bonds is 3. The highest BCUT2D eigenvalue weighted by molar-refractivity contribution is 5.97. The van der Waals surface area contributed by atoms with Crippen LogP contribution in [0.2, 0.25) is 0 Å². The number of pyridine rings is 2. The fraction of sp³-hybridized carbons (Fsp3) is 0.267. The number of aryl methyl sites for hydroxylation is 1. The number of hydrogen-bond donors (Lipinski definition) is 0. The lowest BCUT2D eigenvalue weighted by molar-refractivity contribution is 0.0698. The van der Waals surface area contributed by atoms with E-state index in [1.807, 2.05) is 71.3 Å². The molecule has 0 aliphatic carbocycles. The molecule has 4 heterocycles. The summed E-state index contributed by atoms with van der Waals surface area (Å²) >= 11 is 0. The van der Waals surface area contributed by atoms with Gasteiger partial charge in [-0.25, -0.2) is 0 Å². The second kappa shape index (κ2) is 9.19. The van der Waals surface area contributed by atoms with Gasteiger partial charge in [0.05, 0.1) is 11.3 Å². The number of benzene rings is 2. The van der Waals surface area contributed by atoms with Crippen LogP contribution in [-0.4, -0.2) is 44.7 Å². The Morgan fingerprint density at radius 3 is 2.19 bits per heavy atom. The van der Waals surface area contributed by atoms with Crippen molar-refractivity contribution in [3.8, 4) is 0 Å². The van der Waals surface area contributed by atoms with Crippen LogP contribution in [0.1, 0.15) is 62.1 Å². The number of likely N-dealkylation sites (tertiary alicyclic amines) is 1. The van der Waals surface area contributed by atoms with E-state index in [0.29, 0.717) is 37.4 Å². The first-order chi connectivity index (χ1) is 17.6. The SMILES string of the molecule is Cc1ccc(C(=O)N2Cc3ccccc3C2)c(C2CCN(C(=O)c3cc4ccccc4cn3)CC2)n1. The highest BCUT2D eigenvalue weighted by Crippen LogP contribution is 2.32. The largest absolute Gasteiger partial charge is 0.337 e. The highest BCUT2D eigenvalue weighted by atomic mass is 16.2. The van der Waals surface area contributed by atoms with Crippen LogP contribution < -0.4 is 0 Å². The molecule has 1 fully saturated rings. The molecule has 2 aromatic heterocycles. The van der Waals surface area contributed by atoms with Gasteiger partial charge in [0.15, 0.2) is 0 Å². The number of aromatic nitrogens is 2. The van der Waals surface area contributed by atoms with E-state index in [0.717, 1.165) is 35.0 Å². The molecule has 0 atom stereocenters. The molecule has 6 heteroatoms. The number of carbonyl (C=O) groups excluding carboxylic acids is 2. The lowest BCUT2D eigenvalue weighted by atomic mass is 9.89. The standard InChI is InChI=1S/C30H28N4O2/c1-20-10-11-26(29(35)34-18-24-8-4-5-9-25(24)19-34)28(32-20)21-12-14-33(15-13-21)30(36)27-16-22-6-2-3-7-23(22)17-31-27/h2-11,16-17,21H,12-15,18-19H2,1H3. The molecule has 2 amide bonds. The van der Waals surface area contributed by atoms with Crippen molar-refractivity contribution in [3.63, 3.8) is 0 Å². The highest BCUT2D eigenvalue weighted by Gasteiger charge is 2.31. The van der Waals surface area contributed by atoms with Gasteiger partial charge in [0.2, 0.25) is 0 Å². The zero-order valence-corrected chi connectivity index (χ0v) is 20.4. The number of fused-ring (bicyclic) bond motifs is 2. The molecule has 36 heavy (non-hydrogen) atoms. The molecular formula is C30H28N4O2. The van der Waals surface area contributed by atoms with E-state index in [1.165, 1.54) is 11.1 Å². The molecule has 0 saturated carbocycles. The van der Waals surface area contributed by atoms with Gasteiger partial charge < -0.3 is 9.80 Å². The van der Waals surface area contributed by atoms with Crippen molar-refractivity contribution in [2.75, 3.05) is 13.1 Å². The molecule has 0 radical (unpaired) electrons. The van der Waals surface area contributed by atoms with E-state index in [9.17, 15) is 9.59 Å². The maximum atomic E-state index is 13.6. The molecule has 0 bridgehead atoms. The predicted octanol–water partition coefficient (Wildman–Crippen LogP) is 5.11. The van der Waals surface area contributed by atoms with E-state index in [2.05, 4.69) is 17.1 Å². The Hall–Kier alpha value is -4.06. The molecular weight excluding hydrogens is 448 g/mol. The Morgan fingerprint density at radius 1 is 0.806 bits per heavy atom. The summed E-state index contributed by atoms with van der Waals surface area (Å²) in [5.41, 5.74) is 5.36. The van der Waals surface area contributed by atoms with E-state index >= 15 is 0 Å². The second-order valence-electron chi connectivity index (χ2n) is 9.80. The first kappa shape index (κ1) is 22.4. The van der Waals surface area contributed by atoms with Crippen molar-refractivity contribution < 1.29 is 9.59 Å². The van der Waals surface area contributed by atoms with Crippen molar-refractivity contribution in [2.24, 2.45) is 0 Å². The van der Waals surface area contributed by atoms with E-state index in [1.54, 1.807) is 6.20 Å². The monoisotopic (exact) mass is 476 g/mol. The lowest BCUT2D eigenvalue weighted by Crippen LogP contribution is -2.39. The number of piperidine rings is 1. The van der Waals surface area contributed by atoms with E-state index in [-0.39, 0.29) is 17.7 Å². The molecule has 0 spiro atoms. The van der Waals surface area contributed by atoms with Crippen LogP contribution in [0.15, 0.2) is 72.9 Å². The second-order valence-corrected chi connectivity index (χ2v) is 9.80. The predicted molar refractivity (Wildman–Crippen MR) is 139 cm³/mol. The summed E-state index contributed by atoms with van der Waals surface area (Å²) < 4.78 is 0. The maximum Gasteiger partial charge on any atom is 0.272 e. The molecule has 2 aliphatic rings. The van der Waals surface area contributed by atoms with Crippen molar-refractivity contribution in [2.45, 2.75) is 38.8 Å². The van der Waals surface area contributed by atoms with Crippen molar-refractivity contribution in [1.29, 1.82) is 0 Å². The van der Waals surface area contributed by atoms with Gasteiger partial charge >= 0.3 is 0 Å². The topological polar surface area (TPSA) is 66.4 Å².